The SMILES string of the molecule is C.C.Cc1nc(CC2CC(N(C)C(=O)Cc3cc(F)c(F)c(F)c3)C2)nc2c1NC(=O)[C@H](C(C)C)N2C.S. The Balaban J connectivity index is 0.00000241. The second-order valence-corrected chi connectivity index (χ2v) is 9.96. The molecule has 1 saturated carbocycles. The van der Waals surface area contributed by atoms with Crippen molar-refractivity contribution in [1.29, 1.82) is 0 Å². The minimum absolute atomic E-state index is 0. The number of nitrogens with one attached hydrogen (secondary N) is 1. The number of fused-ring (bicyclic) bond motifs is 1. The van der Waals surface area contributed by atoms with Crippen molar-refractivity contribution in [2.24, 2.45) is 11.8 Å². The van der Waals surface area contributed by atoms with Gasteiger partial charge in [-0.3, -0.25) is 9.59 Å². The summed E-state index contributed by atoms with van der Waals surface area (Å²) in [6, 6.07) is 1.41. The molecule has 1 aliphatic carbocycles. The average Bonchev–Trinajstić information content (AvgIpc) is 2.74. The van der Waals surface area contributed by atoms with E-state index >= 15 is 0 Å². The molecule has 11 heteroatoms. The van der Waals surface area contributed by atoms with Crippen LogP contribution >= 0.6 is 13.5 Å². The lowest BCUT2D eigenvalue weighted by Crippen LogP contribution is -2.50. The maximum atomic E-state index is 13.4. The molecule has 1 aromatic carbocycles. The van der Waals surface area contributed by atoms with Crippen LogP contribution in [0.5, 0.6) is 0 Å². The monoisotopic (exact) mass is 555 g/mol. The number of rotatable bonds is 6. The van der Waals surface area contributed by atoms with E-state index in [-0.39, 0.29) is 76.1 Å². The molecule has 38 heavy (non-hydrogen) atoms. The number of benzene rings is 1. The third-order valence-corrected chi connectivity index (χ3v) is 7.04. The highest BCUT2D eigenvalue weighted by atomic mass is 32.1. The number of anilines is 2. The van der Waals surface area contributed by atoms with Crippen LogP contribution in [0.15, 0.2) is 12.1 Å². The highest BCUT2D eigenvalue weighted by Crippen LogP contribution is 2.37. The molecule has 2 amide bonds. The van der Waals surface area contributed by atoms with Crippen molar-refractivity contribution in [2.45, 2.75) is 73.4 Å². The molecule has 212 valence electrons. The Labute approximate surface area is 230 Å². The van der Waals surface area contributed by atoms with Crippen LogP contribution < -0.4 is 10.2 Å². The average molecular weight is 556 g/mol. The summed E-state index contributed by atoms with van der Waals surface area (Å²) in [4.78, 5) is 37.9. The lowest BCUT2D eigenvalue weighted by molar-refractivity contribution is -0.133. The zero-order chi connectivity index (χ0) is 25.6. The lowest BCUT2D eigenvalue weighted by atomic mass is 9.77. The van der Waals surface area contributed by atoms with E-state index in [1.165, 1.54) is 0 Å². The summed E-state index contributed by atoms with van der Waals surface area (Å²) in [7, 11) is 3.54. The summed E-state index contributed by atoms with van der Waals surface area (Å²) in [5.74, 6) is -2.66. The van der Waals surface area contributed by atoms with Crippen LogP contribution in [0.4, 0.5) is 24.7 Å². The summed E-state index contributed by atoms with van der Waals surface area (Å²) in [6.45, 7) is 5.84. The molecule has 1 aliphatic heterocycles. The van der Waals surface area contributed by atoms with E-state index in [0.717, 1.165) is 25.0 Å². The minimum Gasteiger partial charge on any atom is -0.346 e. The number of aryl methyl sites for hydroxylation is 1. The zero-order valence-electron chi connectivity index (χ0n) is 21.0. The first-order chi connectivity index (χ1) is 16.5. The number of halogens is 3. The highest BCUT2D eigenvalue weighted by molar-refractivity contribution is 7.59. The van der Waals surface area contributed by atoms with Gasteiger partial charge in [-0.25, -0.2) is 23.1 Å². The van der Waals surface area contributed by atoms with E-state index in [9.17, 15) is 22.8 Å². The standard InChI is InChI=1S/C25H30F3N5O2.2CH4.H2S/c1-12(2)23-25(35)31-22-13(3)29-19(30-24(22)33(23)5)10-14-6-16(7-14)32(4)20(34)11-15-8-17(26)21(28)18(27)9-15;;;/h8-9,12,14,16,23H,6-7,10-11H2,1-5H3,(H,31,35);2*1H4;1H2/t14?,16?,23-;;;/m0.../s1. The van der Waals surface area contributed by atoms with E-state index in [4.69, 9.17) is 4.98 Å². The number of nitrogens with zero attached hydrogens (tertiary/aromatic N) is 4. The van der Waals surface area contributed by atoms with Crippen molar-refractivity contribution in [3.63, 3.8) is 0 Å². The fraction of sp³-hybridized carbons (Fsp3) is 0.556. The molecule has 0 bridgehead atoms. The van der Waals surface area contributed by atoms with E-state index in [1.54, 1.807) is 11.9 Å². The molecule has 0 spiro atoms. The second-order valence-electron chi connectivity index (χ2n) is 9.96. The summed E-state index contributed by atoms with van der Waals surface area (Å²) in [5, 5.41) is 2.95. The molecule has 4 rings (SSSR count). The van der Waals surface area contributed by atoms with Gasteiger partial charge in [-0.2, -0.15) is 13.5 Å². The number of carbonyl (C=O) groups excluding carboxylic acids is 2. The molecule has 1 fully saturated rings. The molecule has 1 N–H and O–H groups in total. The maximum Gasteiger partial charge on any atom is 0.247 e. The van der Waals surface area contributed by atoms with Gasteiger partial charge in [0.2, 0.25) is 11.8 Å². The molecular formula is C27H40F3N5O2S. The quantitative estimate of drug-likeness (QED) is 0.507. The van der Waals surface area contributed by atoms with Gasteiger partial charge in [-0.15, -0.1) is 0 Å². The summed E-state index contributed by atoms with van der Waals surface area (Å²) < 4.78 is 40.1. The van der Waals surface area contributed by atoms with Crippen molar-refractivity contribution < 1.29 is 22.8 Å². The van der Waals surface area contributed by atoms with Crippen molar-refractivity contribution in [3.8, 4) is 0 Å². The van der Waals surface area contributed by atoms with Gasteiger partial charge in [-0.05, 0) is 49.3 Å². The predicted molar refractivity (Wildman–Crippen MR) is 149 cm³/mol. The molecule has 0 saturated heterocycles. The van der Waals surface area contributed by atoms with Crippen molar-refractivity contribution in [2.75, 3.05) is 24.3 Å². The number of aromatic nitrogens is 2. The van der Waals surface area contributed by atoms with Crippen molar-refractivity contribution in [1.82, 2.24) is 14.9 Å². The van der Waals surface area contributed by atoms with Gasteiger partial charge in [0, 0.05) is 26.6 Å². The smallest absolute Gasteiger partial charge is 0.247 e. The summed E-state index contributed by atoms with van der Waals surface area (Å²) >= 11 is 0. The normalized spacial score (nSPS) is 19.8. The van der Waals surface area contributed by atoms with Gasteiger partial charge < -0.3 is 15.1 Å². The highest BCUT2D eigenvalue weighted by Gasteiger charge is 2.37. The molecule has 0 radical (unpaired) electrons. The molecular weight excluding hydrogens is 515 g/mol. The third kappa shape index (κ3) is 6.42. The van der Waals surface area contributed by atoms with Crippen LogP contribution in [0.1, 0.15) is 58.6 Å². The van der Waals surface area contributed by atoms with Crippen molar-refractivity contribution >= 4 is 36.8 Å². The first kappa shape index (κ1) is 33.2. The van der Waals surface area contributed by atoms with E-state index in [2.05, 4.69) is 10.3 Å². The molecule has 7 nitrogen and oxygen atoms in total. The van der Waals surface area contributed by atoms with E-state index in [0.29, 0.717) is 29.4 Å². The van der Waals surface area contributed by atoms with E-state index < -0.39 is 17.5 Å². The van der Waals surface area contributed by atoms with Gasteiger partial charge >= 0.3 is 0 Å². The van der Waals surface area contributed by atoms with Gasteiger partial charge in [-0.1, -0.05) is 28.7 Å². The summed E-state index contributed by atoms with van der Waals surface area (Å²) in [5.41, 5.74) is 1.46. The molecule has 1 aromatic heterocycles. The van der Waals surface area contributed by atoms with Crippen molar-refractivity contribution in [3.05, 3.63) is 46.7 Å². The Morgan fingerprint density at radius 2 is 1.74 bits per heavy atom. The van der Waals surface area contributed by atoms with Gasteiger partial charge in [0.25, 0.3) is 0 Å². The van der Waals surface area contributed by atoms with Crippen LogP contribution in [0.25, 0.3) is 0 Å². The number of likely N-dealkylation sites (N-methyl/N-ethyl adjacent to an activating group) is 2. The van der Waals surface area contributed by atoms with Crippen LogP contribution in [-0.2, 0) is 22.4 Å². The molecule has 0 unspecified atom stereocenters. The Bertz CT molecular complexity index is 1150. The Hall–Kier alpha value is -2.82. The van der Waals surface area contributed by atoms with Crippen LogP contribution in [0, 0.1) is 36.2 Å². The van der Waals surface area contributed by atoms with Crippen LogP contribution in [0.2, 0.25) is 0 Å². The minimum atomic E-state index is -1.54. The third-order valence-electron chi connectivity index (χ3n) is 7.04. The zero-order valence-corrected chi connectivity index (χ0v) is 22.0. The maximum absolute atomic E-state index is 13.4. The van der Waals surface area contributed by atoms with Gasteiger partial charge in [0.15, 0.2) is 23.3 Å². The molecule has 1 atom stereocenters. The summed E-state index contributed by atoms with van der Waals surface area (Å²) in [6.07, 6.45) is 1.97. The predicted octanol–water partition coefficient (Wildman–Crippen LogP) is 5.02. The first-order valence-corrected chi connectivity index (χ1v) is 11.8. The Kier molecular flexibility index (Phi) is 11.2. The van der Waals surface area contributed by atoms with Crippen LogP contribution in [0.3, 0.4) is 0 Å². The van der Waals surface area contributed by atoms with E-state index in [1.807, 2.05) is 32.7 Å². The van der Waals surface area contributed by atoms with Gasteiger partial charge in [0.05, 0.1) is 12.1 Å². The lowest BCUT2D eigenvalue weighted by Gasteiger charge is -2.41. The van der Waals surface area contributed by atoms with Crippen LogP contribution in [-0.4, -0.2) is 52.9 Å². The fourth-order valence-corrected chi connectivity index (χ4v) is 5.02. The van der Waals surface area contributed by atoms with Gasteiger partial charge in [0.1, 0.15) is 17.6 Å². The largest absolute Gasteiger partial charge is 0.346 e. The molecule has 2 aromatic rings. The number of hydrogen-bond acceptors (Lipinski definition) is 5. The number of amides is 2. The second kappa shape index (κ2) is 12.8. The first-order valence-electron chi connectivity index (χ1n) is 11.8. The number of hydrogen-bond donors (Lipinski definition) is 1. The fourth-order valence-electron chi connectivity index (χ4n) is 5.02. The Morgan fingerprint density at radius 1 is 1.16 bits per heavy atom. The molecule has 2 aliphatic rings. The Morgan fingerprint density at radius 3 is 2.29 bits per heavy atom. The molecule has 2 heterocycles. The topological polar surface area (TPSA) is 78.4 Å². The number of carbonyl (C=O) groups is 2.